The molecule has 0 saturated carbocycles. The van der Waals surface area contributed by atoms with E-state index in [0.717, 1.165) is 12.8 Å². The van der Waals surface area contributed by atoms with E-state index >= 15 is 0 Å². The van der Waals surface area contributed by atoms with E-state index in [4.69, 9.17) is 0 Å². The number of aromatic nitrogens is 2. The zero-order valence-electron chi connectivity index (χ0n) is 13.9. The van der Waals surface area contributed by atoms with Crippen LogP contribution in [-0.4, -0.2) is 45.6 Å². The second-order valence-corrected chi connectivity index (χ2v) is 6.59. The van der Waals surface area contributed by atoms with Gasteiger partial charge >= 0.3 is 0 Å². The second-order valence-electron chi connectivity index (χ2n) is 6.59. The maximum atomic E-state index is 13.1. The van der Waals surface area contributed by atoms with E-state index in [1.54, 1.807) is 27.9 Å². The van der Waals surface area contributed by atoms with Gasteiger partial charge in [0.2, 0.25) is 5.91 Å². The first-order valence-electron chi connectivity index (χ1n) is 8.45. The molecule has 25 heavy (non-hydrogen) atoms. The van der Waals surface area contributed by atoms with Crippen LogP contribution in [0.1, 0.15) is 28.9 Å². The summed E-state index contributed by atoms with van der Waals surface area (Å²) in [7, 11) is 0. The summed E-state index contributed by atoms with van der Waals surface area (Å²) in [6, 6.07) is 5.90. The van der Waals surface area contributed by atoms with Crippen LogP contribution < -0.4 is 5.32 Å². The molecule has 6 nitrogen and oxygen atoms in total. The summed E-state index contributed by atoms with van der Waals surface area (Å²) in [6.45, 7) is 2.99. The minimum atomic E-state index is -0.317. The number of carbonyl (C=O) groups excluding carboxylic acids is 2. The van der Waals surface area contributed by atoms with Gasteiger partial charge in [-0.1, -0.05) is 0 Å². The Morgan fingerprint density at radius 1 is 1.32 bits per heavy atom. The molecule has 2 aliphatic rings. The van der Waals surface area contributed by atoms with E-state index in [1.165, 1.54) is 12.1 Å². The molecule has 1 N–H and O–H groups in total. The highest BCUT2D eigenvalue weighted by atomic mass is 19.1. The first kappa shape index (κ1) is 15.8. The van der Waals surface area contributed by atoms with E-state index in [0.29, 0.717) is 30.0 Å². The van der Waals surface area contributed by atoms with Crippen molar-refractivity contribution in [3.63, 3.8) is 0 Å². The second kappa shape index (κ2) is 5.98. The van der Waals surface area contributed by atoms with E-state index in [2.05, 4.69) is 10.4 Å². The molecule has 0 radical (unpaired) electrons. The Balaban J connectivity index is 1.63. The molecule has 1 aromatic heterocycles. The van der Waals surface area contributed by atoms with Gasteiger partial charge in [0, 0.05) is 13.1 Å². The topological polar surface area (TPSA) is 67.2 Å². The van der Waals surface area contributed by atoms with Gasteiger partial charge in [-0.25, -0.2) is 9.07 Å². The summed E-state index contributed by atoms with van der Waals surface area (Å²) in [5.74, 6) is -0.481. The van der Waals surface area contributed by atoms with Gasteiger partial charge in [0.05, 0.1) is 35.1 Å². The lowest BCUT2D eigenvalue weighted by Gasteiger charge is -2.35. The third-order valence-corrected chi connectivity index (χ3v) is 5.17. The quantitative estimate of drug-likeness (QED) is 0.903. The lowest BCUT2D eigenvalue weighted by Crippen LogP contribution is -2.48. The first-order valence-corrected chi connectivity index (χ1v) is 8.45. The molecule has 7 heteroatoms. The molecule has 2 amide bonds. The number of halogens is 1. The summed E-state index contributed by atoms with van der Waals surface area (Å²) in [5, 5.41) is 7.16. The van der Waals surface area contributed by atoms with Crippen LogP contribution in [0, 0.1) is 18.7 Å². The number of nitrogens with one attached hydrogen (secondary N) is 1. The molecule has 1 aromatic carbocycles. The lowest BCUT2D eigenvalue weighted by molar-refractivity contribution is -0.123. The van der Waals surface area contributed by atoms with Gasteiger partial charge in [0.1, 0.15) is 5.82 Å². The summed E-state index contributed by atoms with van der Waals surface area (Å²) in [4.78, 5) is 26.7. The fourth-order valence-electron chi connectivity index (χ4n) is 3.82. The number of carbonyl (C=O) groups is 2. The number of likely N-dealkylation sites (tertiary alicyclic amines) is 1. The van der Waals surface area contributed by atoms with E-state index < -0.39 is 0 Å². The summed E-state index contributed by atoms with van der Waals surface area (Å²) in [6.07, 6.45) is 3.20. The van der Waals surface area contributed by atoms with Crippen LogP contribution in [0.3, 0.4) is 0 Å². The Bertz CT molecular complexity index is 830. The largest absolute Gasteiger partial charge is 0.354 e. The van der Waals surface area contributed by atoms with E-state index in [9.17, 15) is 14.0 Å². The van der Waals surface area contributed by atoms with Crippen molar-refractivity contribution in [2.45, 2.75) is 25.8 Å². The van der Waals surface area contributed by atoms with E-state index in [-0.39, 0.29) is 29.6 Å². The fourth-order valence-corrected chi connectivity index (χ4v) is 3.82. The molecular formula is C18H19FN4O2. The van der Waals surface area contributed by atoms with Crippen molar-refractivity contribution in [3.8, 4) is 5.69 Å². The van der Waals surface area contributed by atoms with Crippen molar-refractivity contribution in [1.29, 1.82) is 0 Å². The zero-order valence-corrected chi connectivity index (χ0v) is 13.9. The minimum absolute atomic E-state index is 0.0428. The number of hydrogen-bond acceptors (Lipinski definition) is 3. The molecule has 0 spiro atoms. The van der Waals surface area contributed by atoms with Crippen molar-refractivity contribution in [2.75, 3.05) is 13.1 Å². The van der Waals surface area contributed by atoms with Crippen molar-refractivity contribution >= 4 is 11.8 Å². The van der Waals surface area contributed by atoms with Gasteiger partial charge in [-0.05, 0) is 44.0 Å². The number of hydrogen-bond donors (Lipinski definition) is 1. The molecule has 0 unspecified atom stereocenters. The number of nitrogens with zero attached hydrogens (tertiary/aromatic N) is 3. The van der Waals surface area contributed by atoms with Crippen molar-refractivity contribution < 1.29 is 14.0 Å². The minimum Gasteiger partial charge on any atom is -0.354 e. The van der Waals surface area contributed by atoms with Gasteiger partial charge in [0.25, 0.3) is 5.91 Å². The summed E-state index contributed by atoms with van der Waals surface area (Å²) < 4.78 is 14.7. The molecule has 0 bridgehead atoms. The number of amides is 2. The maximum absolute atomic E-state index is 13.1. The SMILES string of the molecule is Cc1c(C(=O)N2CCC[C@H]3C(=O)NC[C@H]32)cnn1-c1ccc(F)cc1. The molecule has 2 aromatic rings. The lowest BCUT2D eigenvalue weighted by atomic mass is 9.91. The van der Waals surface area contributed by atoms with Gasteiger partial charge < -0.3 is 10.2 Å². The molecule has 0 aliphatic carbocycles. The highest BCUT2D eigenvalue weighted by Crippen LogP contribution is 2.29. The van der Waals surface area contributed by atoms with Gasteiger partial charge in [-0.15, -0.1) is 0 Å². The predicted octanol–water partition coefficient (Wildman–Crippen LogP) is 1.67. The highest BCUT2D eigenvalue weighted by molar-refractivity contribution is 5.96. The van der Waals surface area contributed by atoms with Crippen molar-refractivity contribution in [1.82, 2.24) is 20.0 Å². The smallest absolute Gasteiger partial charge is 0.257 e. The average Bonchev–Trinajstić information content (AvgIpc) is 3.18. The Kier molecular flexibility index (Phi) is 3.78. The Morgan fingerprint density at radius 2 is 2.08 bits per heavy atom. The van der Waals surface area contributed by atoms with Crippen LogP contribution in [0.2, 0.25) is 0 Å². The Labute approximate surface area is 144 Å². The highest BCUT2D eigenvalue weighted by Gasteiger charge is 2.43. The molecule has 3 heterocycles. The van der Waals surface area contributed by atoms with Crippen LogP contribution >= 0.6 is 0 Å². The maximum Gasteiger partial charge on any atom is 0.257 e. The molecule has 4 rings (SSSR count). The standard InChI is InChI=1S/C18H19FN4O2/c1-11-15(9-21-23(11)13-6-4-12(19)5-7-13)18(25)22-8-2-3-14-16(22)10-20-17(14)24/h4-7,9,14,16H,2-3,8,10H2,1H3,(H,20,24)/t14-,16-/m1/s1. The van der Waals surface area contributed by atoms with Crippen LogP contribution in [0.15, 0.2) is 30.5 Å². The molecular weight excluding hydrogens is 323 g/mol. The molecule has 2 saturated heterocycles. The number of rotatable bonds is 2. The molecule has 2 aliphatic heterocycles. The van der Waals surface area contributed by atoms with Crippen molar-refractivity contribution in [3.05, 3.63) is 47.5 Å². The Hall–Kier alpha value is -2.70. The average molecular weight is 342 g/mol. The molecule has 130 valence electrons. The third-order valence-electron chi connectivity index (χ3n) is 5.17. The zero-order chi connectivity index (χ0) is 17.6. The third kappa shape index (κ3) is 2.59. The van der Waals surface area contributed by atoms with E-state index in [1.807, 2.05) is 6.92 Å². The van der Waals surface area contributed by atoms with Crippen LogP contribution in [0.25, 0.3) is 5.69 Å². The number of piperidine rings is 1. The Morgan fingerprint density at radius 3 is 2.84 bits per heavy atom. The molecule has 2 fully saturated rings. The van der Waals surface area contributed by atoms with Crippen LogP contribution in [0.4, 0.5) is 4.39 Å². The van der Waals surface area contributed by atoms with Gasteiger partial charge in [-0.2, -0.15) is 5.10 Å². The predicted molar refractivity (Wildman–Crippen MR) is 88.8 cm³/mol. The first-order chi connectivity index (χ1) is 12.1. The monoisotopic (exact) mass is 342 g/mol. The van der Waals surface area contributed by atoms with Crippen molar-refractivity contribution in [2.24, 2.45) is 5.92 Å². The summed E-state index contributed by atoms with van der Waals surface area (Å²) >= 11 is 0. The van der Waals surface area contributed by atoms with Gasteiger partial charge in [-0.3, -0.25) is 9.59 Å². The van der Waals surface area contributed by atoms with Crippen LogP contribution in [-0.2, 0) is 4.79 Å². The number of benzene rings is 1. The summed E-state index contributed by atoms with van der Waals surface area (Å²) in [5.41, 5.74) is 1.92. The normalized spacial score (nSPS) is 22.6. The molecule has 2 atom stereocenters. The fraction of sp³-hybridized carbons (Fsp3) is 0.389. The van der Waals surface area contributed by atoms with Gasteiger partial charge in [0.15, 0.2) is 0 Å². The van der Waals surface area contributed by atoms with Crippen LogP contribution in [0.5, 0.6) is 0 Å². The number of fused-ring (bicyclic) bond motifs is 1.